The highest BCUT2D eigenvalue weighted by Crippen LogP contribution is 2.19. The number of benzene rings is 1. The fourth-order valence-corrected chi connectivity index (χ4v) is 1.19. The summed E-state index contributed by atoms with van der Waals surface area (Å²) >= 11 is 5.84. The van der Waals surface area contributed by atoms with Gasteiger partial charge in [0.15, 0.2) is 0 Å². The van der Waals surface area contributed by atoms with E-state index in [1.165, 1.54) is 0 Å². The molecule has 1 rings (SSSR count). The topological polar surface area (TPSA) is 17.1 Å². The van der Waals surface area contributed by atoms with Gasteiger partial charge in [0, 0.05) is 10.6 Å². The molecule has 0 aliphatic rings. The number of halogens is 1. The van der Waals surface area contributed by atoms with E-state index in [2.05, 4.69) is 0 Å². The molecule has 0 aliphatic carbocycles. The maximum Gasteiger partial charge on any atom is 0.150 e. The van der Waals surface area contributed by atoms with Crippen LogP contribution in [0.3, 0.4) is 0 Å². The highest BCUT2D eigenvalue weighted by Gasteiger charge is 2.00. The average Bonchev–Trinajstić information content (AvgIpc) is 1.99. The van der Waals surface area contributed by atoms with Crippen LogP contribution in [-0.2, 0) is 0 Å². The number of aryl methyl sites for hydroxylation is 1. The molecule has 0 fully saturated rings. The third-order valence-corrected chi connectivity index (χ3v) is 2.15. The van der Waals surface area contributed by atoms with Crippen LogP contribution in [0.15, 0.2) is 12.1 Å². The van der Waals surface area contributed by atoms with Gasteiger partial charge in [-0.2, -0.15) is 0 Å². The molecule has 0 saturated carbocycles. The van der Waals surface area contributed by atoms with Crippen LogP contribution in [0, 0.1) is 13.8 Å². The largest absolute Gasteiger partial charge is 0.298 e. The molecule has 0 bridgehead atoms. The number of rotatable bonds is 1. The second-order valence-corrected chi connectivity index (χ2v) is 2.97. The number of aldehydes is 1. The van der Waals surface area contributed by atoms with Crippen molar-refractivity contribution in [2.24, 2.45) is 0 Å². The Balaban J connectivity index is 3.31. The highest BCUT2D eigenvalue weighted by molar-refractivity contribution is 6.31. The van der Waals surface area contributed by atoms with Gasteiger partial charge in [0.05, 0.1) is 0 Å². The summed E-state index contributed by atoms with van der Waals surface area (Å²) in [4.78, 5) is 10.4. The molecule has 0 atom stereocenters. The lowest BCUT2D eigenvalue weighted by Gasteiger charge is -2.02. The van der Waals surface area contributed by atoms with Crippen LogP contribution in [0.2, 0.25) is 5.02 Å². The van der Waals surface area contributed by atoms with E-state index in [-0.39, 0.29) is 0 Å². The highest BCUT2D eigenvalue weighted by atomic mass is 35.5. The zero-order valence-electron chi connectivity index (χ0n) is 6.52. The maximum atomic E-state index is 10.4. The van der Waals surface area contributed by atoms with Crippen LogP contribution < -0.4 is 0 Å². The fraction of sp³-hybridized carbons (Fsp3) is 0.222. The van der Waals surface area contributed by atoms with Gasteiger partial charge in [0.1, 0.15) is 6.29 Å². The molecular weight excluding hydrogens is 160 g/mol. The van der Waals surface area contributed by atoms with Gasteiger partial charge in [-0.15, -0.1) is 0 Å². The quantitative estimate of drug-likeness (QED) is 0.590. The van der Waals surface area contributed by atoms with Crippen LogP contribution >= 0.6 is 11.6 Å². The van der Waals surface area contributed by atoms with Gasteiger partial charge >= 0.3 is 0 Å². The Morgan fingerprint density at radius 1 is 1.36 bits per heavy atom. The molecule has 0 aliphatic heterocycles. The molecule has 0 N–H and O–H groups in total. The number of carbonyl (C=O) groups is 1. The minimum atomic E-state index is 0.637. The predicted octanol–water partition coefficient (Wildman–Crippen LogP) is 2.77. The Hall–Kier alpha value is -0.820. The maximum absolute atomic E-state index is 10.4. The summed E-state index contributed by atoms with van der Waals surface area (Å²) in [6.07, 6.45) is 0.804. The zero-order chi connectivity index (χ0) is 8.43. The van der Waals surface area contributed by atoms with Gasteiger partial charge in [0.25, 0.3) is 0 Å². The van der Waals surface area contributed by atoms with Crippen molar-refractivity contribution in [3.8, 4) is 0 Å². The van der Waals surface area contributed by atoms with Crippen molar-refractivity contribution >= 4 is 17.9 Å². The van der Waals surface area contributed by atoms with E-state index in [0.29, 0.717) is 10.6 Å². The van der Waals surface area contributed by atoms with Crippen LogP contribution in [0.1, 0.15) is 21.5 Å². The molecule has 0 saturated heterocycles. The van der Waals surface area contributed by atoms with E-state index >= 15 is 0 Å². The summed E-state index contributed by atoms with van der Waals surface area (Å²) in [5, 5.41) is 0.659. The standard InChI is InChI=1S/C9H9ClO/c1-6-3-8(5-11)4-9(10)7(6)2/h3-5H,1-2H3. The van der Waals surface area contributed by atoms with Crippen LogP contribution in [0.4, 0.5) is 0 Å². The number of hydrogen-bond acceptors (Lipinski definition) is 1. The van der Waals surface area contributed by atoms with E-state index in [9.17, 15) is 4.79 Å². The molecule has 1 aromatic rings. The molecule has 11 heavy (non-hydrogen) atoms. The van der Waals surface area contributed by atoms with Crippen molar-refractivity contribution < 1.29 is 4.79 Å². The van der Waals surface area contributed by atoms with Crippen molar-refractivity contribution in [2.75, 3.05) is 0 Å². The second kappa shape index (κ2) is 3.05. The summed E-state index contributed by atoms with van der Waals surface area (Å²) in [7, 11) is 0. The van der Waals surface area contributed by atoms with Crippen LogP contribution in [0.25, 0.3) is 0 Å². The summed E-state index contributed by atoms with van der Waals surface area (Å²) in [5.41, 5.74) is 2.73. The minimum absolute atomic E-state index is 0.637. The Morgan fingerprint density at radius 3 is 2.45 bits per heavy atom. The molecule has 0 radical (unpaired) electrons. The minimum Gasteiger partial charge on any atom is -0.298 e. The monoisotopic (exact) mass is 168 g/mol. The van der Waals surface area contributed by atoms with E-state index in [0.717, 1.165) is 17.4 Å². The lowest BCUT2D eigenvalue weighted by Crippen LogP contribution is -1.86. The van der Waals surface area contributed by atoms with Crippen LogP contribution in [0.5, 0.6) is 0 Å². The Labute approximate surface area is 71.0 Å². The fourth-order valence-electron chi connectivity index (χ4n) is 0.911. The summed E-state index contributed by atoms with van der Waals surface area (Å²) in [6.45, 7) is 3.88. The number of hydrogen-bond donors (Lipinski definition) is 0. The SMILES string of the molecule is Cc1cc(C=O)cc(Cl)c1C. The first-order valence-electron chi connectivity index (χ1n) is 3.37. The lowest BCUT2D eigenvalue weighted by atomic mass is 10.1. The van der Waals surface area contributed by atoms with Gasteiger partial charge in [-0.05, 0) is 37.1 Å². The van der Waals surface area contributed by atoms with E-state index < -0.39 is 0 Å². The Bertz CT molecular complexity index is 269. The molecule has 0 amide bonds. The Morgan fingerprint density at radius 2 is 2.00 bits per heavy atom. The van der Waals surface area contributed by atoms with Gasteiger partial charge in [-0.25, -0.2) is 0 Å². The summed E-state index contributed by atoms with van der Waals surface area (Å²) < 4.78 is 0. The smallest absolute Gasteiger partial charge is 0.150 e. The Kier molecular flexibility index (Phi) is 2.30. The van der Waals surface area contributed by atoms with E-state index in [1.54, 1.807) is 6.07 Å². The first-order valence-corrected chi connectivity index (χ1v) is 3.75. The van der Waals surface area contributed by atoms with E-state index in [4.69, 9.17) is 11.6 Å². The summed E-state index contributed by atoms with van der Waals surface area (Å²) in [6, 6.07) is 3.51. The molecule has 0 spiro atoms. The van der Waals surface area contributed by atoms with Gasteiger partial charge in [-0.3, -0.25) is 4.79 Å². The summed E-state index contributed by atoms with van der Waals surface area (Å²) in [5.74, 6) is 0. The van der Waals surface area contributed by atoms with Crippen molar-refractivity contribution in [3.05, 3.63) is 33.8 Å². The predicted molar refractivity (Wildman–Crippen MR) is 46.3 cm³/mol. The van der Waals surface area contributed by atoms with Gasteiger partial charge in [-0.1, -0.05) is 11.6 Å². The van der Waals surface area contributed by atoms with Crippen molar-refractivity contribution in [1.82, 2.24) is 0 Å². The normalized spacial score (nSPS) is 9.73. The van der Waals surface area contributed by atoms with Gasteiger partial charge in [0.2, 0.25) is 0 Å². The molecule has 0 aromatic heterocycles. The van der Waals surface area contributed by atoms with Gasteiger partial charge < -0.3 is 0 Å². The third-order valence-electron chi connectivity index (χ3n) is 1.76. The molecule has 1 aromatic carbocycles. The molecule has 0 unspecified atom stereocenters. The zero-order valence-corrected chi connectivity index (χ0v) is 7.27. The average molecular weight is 169 g/mol. The van der Waals surface area contributed by atoms with Crippen molar-refractivity contribution in [3.63, 3.8) is 0 Å². The molecular formula is C9H9ClO. The molecule has 0 heterocycles. The second-order valence-electron chi connectivity index (χ2n) is 2.56. The first-order chi connectivity index (χ1) is 5.15. The van der Waals surface area contributed by atoms with E-state index in [1.807, 2.05) is 19.9 Å². The first kappa shape index (κ1) is 8.28. The van der Waals surface area contributed by atoms with Crippen LogP contribution in [-0.4, -0.2) is 6.29 Å². The number of carbonyl (C=O) groups excluding carboxylic acids is 1. The molecule has 58 valence electrons. The molecule has 2 heteroatoms. The third kappa shape index (κ3) is 1.60. The van der Waals surface area contributed by atoms with Crippen molar-refractivity contribution in [1.29, 1.82) is 0 Å². The lowest BCUT2D eigenvalue weighted by molar-refractivity contribution is 0.112. The molecule has 1 nitrogen and oxygen atoms in total. The van der Waals surface area contributed by atoms with Crippen molar-refractivity contribution in [2.45, 2.75) is 13.8 Å².